The van der Waals surface area contributed by atoms with Gasteiger partial charge in [-0.05, 0) is 30.0 Å². The van der Waals surface area contributed by atoms with E-state index in [1.165, 1.54) is 18.1 Å². The van der Waals surface area contributed by atoms with E-state index >= 15 is 0 Å². The first-order valence-electron chi connectivity index (χ1n) is 7.18. The summed E-state index contributed by atoms with van der Waals surface area (Å²) >= 11 is 0. The van der Waals surface area contributed by atoms with Crippen LogP contribution in [0.2, 0.25) is 0 Å². The van der Waals surface area contributed by atoms with Crippen molar-refractivity contribution in [2.24, 2.45) is 11.8 Å². The Morgan fingerprint density at radius 3 is 2.59 bits per heavy atom. The van der Waals surface area contributed by atoms with Gasteiger partial charge in [0.2, 0.25) is 5.91 Å². The van der Waals surface area contributed by atoms with Crippen molar-refractivity contribution < 1.29 is 22.7 Å². The lowest BCUT2D eigenvalue weighted by Crippen LogP contribution is -2.35. The summed E-state index contributed by atoms with van der Waals surface area (Å²) in [6, 6.07) is 4.55. The minimum Gasteiger partial charge on any atom is -0.382 e. The number of rotatable bonds is 5. The van der Waals surface area contributed by atoms with Gasteiger partial charge in [0.25, 0.3) is 0 Å². The van der Waals surface area contributed by atoms with Crippen molar-refractivity contribution in [2.75, 3.05) is 20.8 Å². The molecular formula is C16H20F3NO2. The molecule has 1 fully saturated rings. The fourth-order valence-corrected chi connectivity index (χ4v) is 2.59. The second-order valence-electron chi connectivity index (χ2n) is 5.86. The molecule has 0 spiro atoms. The Labute approximate surface area is 128 Å². The molecule has 3 nitrogen and oxygen atoms in total. The van der Waals surface area contributed by atoms with Gasteiger partial charge in [-0.25, -0.2) is 0 Å². The lowest BCUT2D eigenvalue weighted by atomic mass is 10.0. The van der Waals surface area contributed by atoms with Crippen LogP contribution >= 0.6 is 0 Å². The Morgan fingerprint density at radius 2 is 2.09 bits per heavy atom. The van der Waals surface area contributed by atoms with E-state index in [0.29, 0.717) is 11.5 Å². The van der Waals surface area contributed by atoms with Crippen LogP contribution in [-0.4, -0.2) is 31.6 Å². The number of methoxy groups -OCH3 is 1. The molecule has 0 radical (unpaired) electrons. The lowest BCUT2D eigenvalue weighted by molar-refractivity contribution is -0.137. The number of benzene rings is 1. The van der Waals surface area contributed by atoms with E-state index in [1.54, 1.807) is 13.1 Å². The zero-order valence-corrected chi connectivity index (χ0v) is 12.9. The molecule has 1 aromatic rings. The van der Waals surface area contributed by atoms with Crippen molar-refractivity contribution >= 4 is 5.91 Å². The predicted molar refractivity (Wildman–Crippen MR) is 76.1 cm³/mol. The molecule has 0 saturated heterocycles. The van der Waals surface area contributed by atoms with Crippen LogP contribution in [0.1, 0.15) is 30.5 Å². The van der Waals surface area contributed by atoms with Gasteiger partial charge in [-0.1, -0.05) is 19.1 Å². The van der Waals surface area contributed by atoms with Gasteiger partial charge in [-0.2, -0.15) is 13.2 Å². The lowest BCUT2D eigenvalue weighted by Gasteiger charge is -2.29. The normalized spacial score (nSPS) is 22.3. The van der Waals surface area contributed by atoms with Crippen LogP contribution in [0, 0.1) is 11.8 Å². The molecule has 6 heteroatoms. The molecule has 3 unspecified atom stereocenters. The van der Waals surface area contributed by atoms with Crippen molar-refractivity contribution in [1.82, 2.24) is 4.90 Å². The molecule has 1 aliphatic carbocycles. The average molecular weight is 315 g/mol. The molecular weight excluding hydrogens is 295 g/mol. The van der Waals surface area contributed by atoms with E-state index in [2.05, 4.69) is 0 Å². The topological polar surface area (TPSA) is 29.5 Å². The Bertz CT molecular complexity index is 544. The largest absolute Gasteiger partial charge is 0.416 e. The van der Waals surface area contributed by atoms with Crippen LogP contribution in [0.5, 0.6) is 0 Å². The summed E-state index contributed by atoms with van der Waals surface area (Å²) in [6.45, 7) is 2.15. The van der Waals surface area contributed by atoms with Gasteiger partial charge < -0.3 is 9.64 Å². The SMILES string of the molecule is COCC(c1cccc(C(F)(F)F)c1)N(C)C(=O)C1CC1C. The predicted octanol–water partition coefficient (Wildman–Crippen LogP) is 3.51. The number of hydrogen-bond acceptors (Lipinski definition) is 2. The highest BCUT2D eigenvalue weighted by atomic mass is 19.4. The Morgan fingerprint density at radius 1 is 1.45 bits per heavy atom. The molecule has 0 aliphatic heterocycles. The summed E-state index contributed by atoms with van der Waals surface area (Å²) in [7, 11) is 3.09. The zero-order valence-electron chi connectivity index (χ0n) is 12.9. The second kappa shape index (κ2) is 6.28. The van der Waals surface area contributed by atoms with E-state index in [1.807, 2.05) is 6.92 Å². The third-order valence-corrected chi connectivity index (χ3v) is 4.17. The molecule has 0 N–H and O–H groups in total. The third-order valence-electron chi connectivity index (χ3n) is 4.17. The maximum Gasteiger partial charge on any atom is 0.416 e. The third kappa shape index (κ3) is 3.61. The van der Waals surface area contributed by atoms with Crippen molar-refractivity contribution in [3.8, 4) is 0 Å². The van der Waals surface area contributed by atoms with Gasteiger partial charge in [-0.15, -0.1) is 0 Å². The number of likely N-dealkylation sites (N-methyl/N-ethyl adjacent to an activating group) is 1. The molecule has 0 aromatic heterocycles. The smallest absolute Gasteiger partial charge is 0.382 e. The van der Waals surface area contributed by atoms with E-state index in [0.717, 1.165) is 18.6 Å². The van der Waals surface area contributed by atoms with Crippen molar-refractivity contribution in [1.29, 1.82) is 0 Å². The van der Waals surface area contributed by atoms with Crippen molar-refractivity contribution in [2.45, 2.75) is 25.6 Å². The second-order valence-corrected chi connectivity index (χ2v) is 5.86. The Kier molecular flexibility index (Phi) is 4.80. The Balaban J connectivity index is 2.25. The van der Waals surface area contributed by atoms with Crippen LogP contribution in [-0.2, 0) is 15.7 Å². The van der Waals surface area contributed by atoms with Crippen molar-refractivity contribution in [3.63, 3.8) is 0 Å². The van der Waals surface area contributed by atoms with Crippen LogP contribution in [0.15, 0.2) is 24.3 Å². The number of hydrogen-bond donors (Lipinski definition) is 0. The van der Waals surface area contributed by atoms with E-state index in [9.17, 15) is 18.0 Å². The molecule has 1 aliphatic rings. The monoisotopic (exact) mass is 315 g/mol. The first-order valence-corrected chi connectivity index (χ1v) is 7.18. The minimum atomic E-state index is -4.40. The number of amides is 1. The molecule has 22 heavy (non-hydrogen) atoms. The standard InChI is InChI=1S/C16H20F3NO2/c1-10-7-13(10)15(21)20(2)14(9-22-3)11-5-4-6-12(8-11)16(17,18)19/h4-6,8,10,13-14H,7,9H2,1-3H3. The Hall–Kier alpha value is -1.56. The first kappa shape index (κ1) is 16.8. The van der Waals surface area contributed by atoms with Crippen molar-refractivity contribution in [3.05, 3.63) is 35.4 Å². The molecule has 0 bridgehead atoms. The van der Waals surface area contributed by atoms with Gasteiger partial charge in [0.05, 0.1) is 18.2 Å². The van der Waals surface area contributed by atoms with Gasteiger partial charge in [0, 0.05) is 20.1 Å². The fraction of sp³-hybridized carbons (Fsp3) is 0.562. The summed E-state index contributed by atoms with van der Waals surface area (Å²) in [4.78, 5) is 13.8. The number of halogens is 3. The summed E-state index contributed by atoms with van der Waals surface area (Å²) in [5.74, 6) is 0.293. The van der Waals surface area contributed by atoms with E-state index in [-0.39, 0.29) is 18.4 Å². The van der Waals surface area contributed by atoms with Gasteiger partial charge >= 0.3 is 6.18 Å². The maximum atomic E-state index is 12.9. The molecule has 122 valence electrons. The number of ether oxygens (including phenoxy) is 1. The molecule has 3 atom stereocenters. The molecule has 0 heterocycles. The van der Waals surface area contributed by atoms with Gasteiger partial charge in [0.1, 0.15) is 0 Å². The summed E-state index contributed by atoms with van der Waals surface area (Å²) < 4.78 is 43.7. The highest BCUT2D eigenvalue weighted by molar-refractivity contribution is 5.81. The zero-order chi connectivity index (χ0) is 16.5. The summed E-state index contributed by atoms with van der Waals surface area (Å²) in [5, 5.41) is 0. The molecule has 1 amide bonds. The van der Waals surface area contributed by atoms with E-state index in [4.69, 9.17) is 4.74 Å². The number of nitrogens with zero attached hydrogens (tertiary/aromatic N) is 1. The van der Waals surface area contributed by atoms with Gasteiger partial charge in [-0.3, -0.25) is 4.79 Å². The highest BCUT2D eigenvalue weighted by Crippen LogP contribution is 2.40. The van der Waals surface area contributed by atoms with Crippen LogP contribution in [0.4, 0.5) is 13.2 Å². The highest BCUT2D eigenvalue weighted by Gasteiger charge is 2.42. The first-order chi connectivity index (χ1) is 10.3. The molecule has 1 saturated carbocycles. The van der Waals surface area contributed by atoms with Crippen LogP contribution in [0.25, 0.3) is 0 Å². The van der Waals surface area contributed by atoms with Crippen LogP contribution < -0.4 is 0 Å². The molecule has 1 aromatic carbocycles. The maximum absolute atomic E-state index is 12.9. The number of carbonyl (C=O) groups is 1. The number of alkyl halides is 3. The minimum absolute atomic E-state index is 0.0184. The van der Waals surface area contributed by atoms with E-state index < -0.39 is 17.8 Å². The summed E-state index contributed by atoms with van der Waals surface area (Å²) in [6.07, 6.45) is -3.56. The summed E-state index contributed by atoms with van der Waals surface area (Å²) in [5.41, 5.74) is -0.285. The average Bonchev–Trinajstić information content (AvgIpc) is 3.19. The number of carbonyl (C=O) groups excluding carboxylic acids is 1. The fourth-order valence-electron chi connectivity index (χ4n) is 2.59. The molecule has 2 rings (SSSR count). The van der Waals surface area contributed by atoms with Crippen LogP contribution in [0.3, 0.4) is 0 Å². The van der Waals surface area contributed by atoms with Gasteiger partial charge in [0.15, 0.2) is 0 Å². The quantitative estimate of drug-likeness (QED) is 0.832.